The van der Waals surface area contributed by atoms with Crippen molar-refractivity contribution in [1.82, 2.24) is 5.06 Å². The monoisotopic (exact) mass is 162 g/mol. The van der Waals surface area contributed by atoms with Crippen LogP contribution in [0, 0.1) is 5.41 Å². The van der Waals surface area contributed by atoms with Crippen molar-refractivity contribution in [1.29, 1.82) is 5.41 Å². The van der Waals surface area contributed by atoms with Crippen molar-refractivity contribution in [2.24, 2.45) is 0 Å². The normalized spacial score (nSPS) is 15.2. The Bertz CT molecular complexity index is 338. The van der Waals surface area contributed by atoms with Gasteiger partial charge in [-0.25, -0.2) is 0 Å². The number of hydrogen-bond donors (Lipinski definition) is 2. The summed E-state index contributed by atoms with van der Waals surface area (Å²) in [5.41, 5.74) is 0.856. The van der Waals surface area contributed by atoms with Gasteiger partial charge < -0.3 is 0 Å². The van der Waals surface area contributed by atoms with Crippen LogP contribution < -0.4 is 0 Å². The van der Waals surface area contributed by atoms with Crippen LogP contribution in [0.25, 0.3) is 0 Å². The summed E-state index contributed by atoms with van der Waals surface area (Å²) in [5, 5.41) is 16.7. The molecule has 0 saturated carbocycles. The van der Waals surface area contributed by atoms with Crippen molar-refractivity contribution in [3.8, 4) is 0 Å². The number of carbonyl (C=O) groups excluding carboxylic acids is 1. The van der Waals surface area contributed by atoms with E-state index in [1.54, 1.807) is 24.3 Å². The summed E-state index contributed by atoms with van der Waals surface area (Å²) < 4.78 is 0. The van der Waals surface area contributed by atoms with E-state index in [2.05, 4.69) is 0 Å². The second-order valence-corrected chi connectivity index (χ2v) is 2.51. The van der Waals surface area contributed by atoms with Crippen molar-refractivity contribution < 1.29 is 10.0 Å². The molecule has 0 aliphatic carbocycles. The summed E-state index contributed by atoms with van der Waals surface area (Å²) in [5.74, 6) is -0.689. The minimum atomic E-state index is -0.532. The molecule has 4 nitrogen and oxygen atoms in total. The maximum absolute atomic E-state index is 11.1. The summed E-state index contributed by atoms with van der Waals surface area (Å²) in [6.45, 7) is 0. The maximum Gasteiger partial charge on any atom is 0.284 e. The summed E-state index contributed by atoms with van der Waals surface area (Å²) in [4.78, 5) is 11.1. The van der Waals surface area contributed by atoms with Crippen LogP contribution in [0.2, 0.25) is 0 Å². The van der Waals surface area contributed by atoms with Gasteiger partial charge in [0.05, 0.1) is 5.56 Å². The predicted octanol–water partition coefficient (Wildman–Crippen LogP) is 0.857. The SMILES string of the molecule is N=C1c2ccccc2C(=O)N1O. The molecular formula is C8H6N2O2. The summed E-state index contributed by atoms with van der Waals surface area (Å²) in [6.07, 6.45) is 0. The molecule has 0 radical (unpaired) electrons. The Morgan fingerprint density at radius 3 is 2.42 bits per heavy atom. The fourth-order valence-electron chi connectivity index (χ4n) is 1.21. The summed E-state index contributed by atoms with van der Waals surface area (Å²) >= 11 is 0. The summed E-state index contributed by atoms with van der Waals surface area (Å²) in [6, 6.07) is 6.64. The first-order valence-corrected chi connectivity index (χ1v) is 3.43. The number of amidine groups is 1. The molecule has 0 unspecified atom stereocenters. The van der Waals surface area contributed by atoms with Crippen molar-refractivity contribution in [3.63, 3.8) is 0 Å². The number of nitrogens with one attached hydrogen (secondary N) is 1. The molecular weight excluding hydrogens is 156 g/mol. The Kier molecular flexibility index (Phi) is 1.25. The average Bonchev–Trinajstić information content (AvgIpc) is 2.33. The molecule has 4 heteroatoms. The highest BCUT2D eigenvalue weighted by molar-refractivity contribution is 6.21. The molecule has 1 aliphatic heterocycles. The molecule has 0 aromatic heterocycles. The Morgan fingerprint density at radius 2 is 1.83 bits per heavy atom. The molecule has 1 aromatic carbocycles. The number of hydroxylamine groups is 2. The van der Waals surface area contributed by atoms with E-state index in [1.165, 1.54) is 0 Å². The number of hydrogen-bond acceptors (Lipinski definition) is 3. The maximum atomic E-state index is 11.1. The zero-order valence-electron chi connectivity index (χ0n) is 6.11. The topological polar surface area (TPSA) is 64.4 Å². The highest BCUT2D eigenvalue weighted by Crippen LogP contribution is 2.19. The highest BCUT2D eigenvalue weighted by Gasteiger charge is 2.30. The van der Waals surface area contributed by atoms with Gasteiger partial charge in [-0.1, -0.05) is 18.2 Å². The lowest BCUT2D eigenvalue weighted by atomic mass is 10.1. The van der Waals surface area contributed by atoms with Crippen LogP contribution in [0.5, 0.6) is 0 Å². The third-order valence-corrected chi connectivity index (χ3v) is 1.82. The standard InChI is InChI=1S/C8H6N2O2/c9-7-5-3-1-2-4-6(5)8(11)10(7)12/h1-4,9,12H. The largest absolute Gasteiger partial charge is 0.284 e. The van der Waals surface area contributed by atoms with Gasteiger partial charge in [-0.2, -0.15) is 5.06 Å². The third-order valence-electron chi connectivity index (χ3n) is 1.82. The third kappa shape index (κ3) is 0.695. The van der Waals surface area contributed by atoms with Crippen LogP contribution in [0.3, 0.4) is 0 Å². The first-order valence-electron chi connectivity index (χ1n) is 3.43. The lowest BCUT2D eigenvalue weighted by molar-refractivity contribution is 0.000288. The molecule has 0 spiro atoms. The van der Waals surface area contributed by atoms with Crippen molar-refractivity contribution in [2.75, 3.05) is 0 Å². The molecule has 0 fully saturated rings. The van der Waals surface area contributed by atoms with Gasteiger partial charge in [0.1, 0.15) is 0 Å². The lowest BCUT2D eigenvalue weighted by Crippen LogP contribution is -2.25. The molecule has 2 rings (SSSR count). The van der Waals surface area contributed by atoms with Gasteiger partial charge in [0, 0.05) is 5.56 Å². The van der Waals surface area contributed by atoms with Crippen LogP contribution in [0.1, 0.15) is 15.9 Å². The number of fused-ring (bicyclic) bond motifs is 1. The molecule has 0 atom stereocenters. The van der Waals surface area contributed by atoms with Crippen LogP contribution in [-0.2, 0) is 0 Å². The quantitative estimate of drug-likeness (QED) is 0.555. The van der Waals surface area contributed by atoms with E-state index >= 15 is 0 Å². The molecule has 1 aromatic rings. The molecule has 1 amide bonds. The highest BCUT2D eigenvalue weighted by atomic mass is 16.5. The van der Waals surface area contributed by atoms with E-state index in [1.807, 2.05) is 0 Å². The van der Waals surface area contributed by atoms with Crippen LogP contribution in [0.15, 0.2) is 24.3 Å². The molecule has 2 N–H and O–H groups in total. The fraction of sp³-hybridized carbons (Fsp3) is 0. The Hall–Kier alpha value is -1.68. The molecule has 0 saturated heterocycles. The first-order chi connectivity index (χ1) is 5.72. The van der Waals surface area contributed by atoms with E-state index in [0.717, 1.165) is 0 Å². The van der Waals surface area contributed by atoms with E-state index in [4.69, 9.17) is 10.6 Å². The number of rotatable bonds is 0. The van der Waals surface area contributed by atoms with Gasteiger partial charge in [-0.15, -0.1) is 0 Å². The van der Waals surface area contributed by atoms with Crippen LogP contribution in [0.4, 0.5) is 0 Å². The zero-order chi connectivity index (χ0) is 8.72. The van der Waals surface area contributed by atoms with Crippen molar-refractivity contribution >= 4 is 11.7 Å². The number of benzene rings is 1. The minimum Gasteiger partial charge on any atom is -0.282 e. The molecule has 60 valence electrons. The minimum absolute atomic E-state index is 0.157. The number of amides is 1. The van der Waals surface area contributed by atoms with Gasteiger partial charge in [-0.05, 0) is 6.07 Å². The van der Waals surface area contributed by atoms with E-state index < -0.39 is 5.91 Å². The molecule has 12 heavy (non-hydrogen) atoms. The van der Waals surface area contributed by atoms with Gasteiger partial charge in [-0.3, -0.25) is 15.4 Å². The Balaban J connectivity index is 2.67. The van der Waals surface area contributed by atoms with Crippen molar-refractivity contribution in [2.45, 2.75) is 0 Å². The number of carbonyl (C=O) groups is 1. The van der Waals surface area contributed by atoms with Gasteiger partial charge >= 0.3 is 0 Å². The second-order valence-electron chi connectivity index (χ2n) is 2.51. The van der Waals surface area contributed by atoms with E-state index in [9.17, 15) is 4.79 Å². The summed E-state index contributed by atoms with van der Waals surface area (Å²) in [7, 11) is 0. The van der Waals surface area contributed by atoms with Crippen LogP contribution >= 0.6 is 0 Å². The molecule has 1 heterocycles. The zero-order valence-corrected chi connectivity index (χ0v) is 6.11. The number of nitrogens with zero attached hydrogens (tertiary/aromatic N) is 1. The molecule has 1 aliphatic rings. The van der Waals surface area contributed by atoms with E-state index in [-0.39, 0.29) is 5.84 Å². The van der Waals surface area contributed by atoms with Crippen molar-refractivity contribution in [3.05, 3.63) is 35.4 Å². The van der Waals surface area contributed by atoms with Gasteiger partial charge in [0.15, 0.2) is 5.84 Å². The average molecular weight is 162 g/mol. The van der Waals surface area contributed by atoms with Gasteiger partial charge in [0.2, 0.25) is 0 Å². The van der Waals surface area contributed by atoms with Crippen LogP contribution in [-0.4, -0.2) is 22.0 Å². The van der Waals surface area contributed by atoms with Gasteiger partial charge in [0.25, 0.3) is 5.91 Å². The van der Waals surface area contributed by atoms with E-state index in [0.29, 0.717) is 16.2 Å². The Morgan fingerprint density at radius 1 is 1.25 bits per heavy atom. The Labute approximate surface area is 68.5 Å². The first kappa shape index (κ1) is 7.00. The lowest BCUT2D eigenvalue weighted by Gasteiger charge is -2.02. The fourth-order valence-corrected chi connectivity index (χ4v) is 1.21. The smallest absolute Gasteiger partial charge is 0.282 e. The predicted molar refractivity (Wildman–Crippen MR) is 41.2 cm³/mol. The molecule has 0 bridgehead atoms. The second kappa shape index (κ2) is 2.15.